The van der Waals surface area contributed by atoms with Crippen LogP contribution in [0.5, 0.6) is 0 Å². The molecule has 1 atom stereocenters. The van der Waals surface area contributed by atoms with Crippen molar-refractivity contribution in [3.63, 3.8) is 0 Å². The molecule has 0 bridgehead atoms. The molecule has 1 N–H and O–H groups in total. The van der Waals surface area contributed by atoms with Crippen molar-refractivity contribution in [1.82, 2.24) is 19.7 Å². The number of carbonyl (C=O) groups excluding carboxylic acids is 2. The van der Waals surface area contributed by atoms with E-state index in [1.807, 2.05) is 60.7 Å². The predicted octanol–water partition coefficient (Wildman–Crippen LogP) is 4.54. The van der Waals surface area contributed by atoms with Crippen LogP contribution in [0.15, 0.2) is 41.8 Å². The molecular weight excluding hydrogens is 427 g/mol. The van der Waals surface area contributed by atoms with Crippen molar-refractivity contribution in [2.45, 2.75) is 45.8 Å². The third kappa shape index (κ3) is 4.65. The van der Waals surface area contributed by atoms with E-state index < -0.39 is 0 Å². The number of rotatable bonds is 3. The zero-order valence-electron chi connectivity index (χ0n) is 18.9. The predicted molar refractivity (Wildman–Crippen MR) is 126 cm³/mol. The Morgan fingerprint density at radius 1 is 1.19 bits per heavy atom. The lowest BCUT2D eigenvalue weighted by Crippen LogP contribution is -2.59. The van der Waals surface area contributed by atoms with Crippen LogP contribution in [-0.2, 0) is 6.54 Å². The number of fused-ring (bicyclic) bond motifs is 1. The highest BCUT2D eigenvalue weighted by atomic mass is 32.1. The highest BCUT2D eigenvalue weighted by molar-refractivity contribution is 7.16. The fourth-order valence-corrected chi connectivity index (χ4v) is 5.02. The summed E-state index contributed by atoms with van der Waals surface area (Å²) in [4.78, 5) is 30.7. The lowest BCUT2D eigenvalue weighted by molar-refractivity contribution is 0.0564. The molecule has 32 heavy (non-hydrogen) atoms. The van der Waals surface area contributed by atoms with Gasteiger partial charge in [0.15, 0.2) is 0 Å². The van der Waals surface area contributed by atoms with E-state index in [1.54, 1.807) is 22.3 Å². The molecule has 170 valence electrons. The van der Waals surface area contributed by atoms with Gasteiger partial charge in [-0.15, -0.1) is 11.3 Å². The van der Waals surface area contributed by atoms with Gasteiger partial charge in [0.2, 0.25) is 0 Å². The van der Waals surface area contributed by atoms with Crippen LogP contribution in [0, 0.1) is 5.82 Å². The van der Waals surface area contributed by atoms with Gasteiger partial charge in [0, 0.05) is 43.1 Å². The van der Waals surface area contributed by atoms with Gasteiger partial charge in [0.1, 0.15) is 16.3 Å². The van der Waals surface area contributed by atoms with Crippen molar-refractivity contribution < 1.29 is 14.0 Å². The molecule has 4 rings (SSSR count). The molecular formula is C24H29FN4O2S. The first kappa shape index (κ1) is 22.3. The first-order valence-electron chi connectivity index (χ1n) is 10.8. The summed E-state index contributed by atoms with van der Waals surface area (Å²) in [7, 11) is 0. The quantitative estimate of drug-likeness (QED) is 0.629. The van der Waals surface area contributed by atoms with E-state index in [9.17, 15) is 14.0 Å². The van der Waals surface area contributed by atoms with Crippen LogP contribution in [0.2, 0.25) is 0 Å². The number of benzene rings is 1. The highest BCUT2D eigenvalue weighted by Crippen LogP contribution is 2.28. The number of piperazine rings is 1. The number of thiophene rings is 1. The van der Waals surface area contributed by atoms with Gasteiger partial charge in [0.25, 0.3) is 5.91 Å². The van der Waals surface area contributed by atoms with Gasteiger partial charge in [-0.05, 0) is 62.9 Å². The molecule has 0 aliphatic carbocycles. The molecule has 2 aromatic heterocycles. The summed E-state index contributed by atoms with van der Waals surface area (Å²) in [6.45, 7) is 9.66. The summed E-state index contributed by atoms with van der Waals surface area (Å²) in [6.07, 6.45) is 0. The first-order valence-corrected chi connectivity index (χ1v) is 11.7. The van der Waals surface area contributed by atoms with Gasteiger partial charge in [-0.3, -0.25) is 4.79 Å². The summed E-state index contributed by atoms with van der Waals surface area (Å²) in [6, 6.07) is 10.2. The summed E-state index contributed by atoms with van der Waals surface area (Å²) in [5.74, 6) is -0.351. The molecule has 1 fully saturated rings. The van der Waals surface area contributed by atoms with E-state index in [1.165, 1.54) is 12.1 Å². The van der Waals surface area contributed by atoms with E-state index in [0.717, 1.165) is 15.8 Å². The SMILES string of the molecule is C[C@@H]1CN(C(=O)c2cc3ccsc3n2Cc2cccc(F)c2)CCN1C(=O)NC(C)(C)C. The van der Waals surface area contributed by atoms with Gasteiger partial charge in [-0.1, -0.05) is 12.1 Å². The number of nitrogens with zero attached hydrogens (tertiary/aromatic N) is 3. The minimum absolute atomic E-state index is 0.0625. The molecule has 8 heteroatoms. The fraction of sp³-hybridized carbons (Fsp3) is 0.417. The van der Waals surface area contributed by atoms with E-state index in [2.05, 4.69) is 5.32 Å². The number of halogens is 1. The molecule has 0 saturated carbocycles. The zero-order chi connectivity index (χ0) is 23.0. The third-order valence-electron chi connectivity index (χ3n) is 5.61. The van der Waals surface area contributed by atoms with E-state index in [-0.39, 0.29) is 29.3 Å². The zero-order valence-corrected chi connectivity index (χ0v) is 19.7. The number of nitrogens with one attached hydrogen (secondary N) is 1. The Kier molecular flexibility index (Phi) is 5.99. The maximum atomic E-state index is 13.7. The van der Waals surface area contributed by atoms with Crippen molar-refractivity contribution >= 4 is 33.5 Å². The standard InChI is InChI=1S/C24H29FN4O2S/c1-16-14-27(9-10-28(16)23(31)26-24(2,3)4)21(30)20-13-18-8-11-32-22(18)29(20)15-17-6-5-7-19(25)12-17/h5-8,11-13,16H,9-10,14-15H2,1-4H3,(H,26,31)/t16-/m1/s1. The maximum absolute atomic E-state index is 13.7. The second-order valence-corrected chi connectivity index (χ2v) is 10.3. The minimum Gasteiger partial charge on any atom is -0.334 e. The summed E-state index contributed by atoms with van der Waals surface area (Å²) >= 11 is 1.57. The molecule has 1 aliphatic heterocycles. The number of carbonyl (C=O) groups is 2. The van der Waals surface area contributed by atoms with Gasteiger partial charge in [-0.25, -0.2) is 9.18 Å². The van der Waals surface area contributed by atoms with Crippen LogP contribution in [0.3, 0.4) is 0 Å². The van der Waals surface area contributed by atoms with Gasteiger partial charge < -0.3 is 19.7 Å². The maximum Gasteiger partial charge on any atom is 0.318 e. The Morgan fingerprint density at radius 3 is 2.66 bits per heavy atom. The Labute approximate surface area is 191 Å². The average molecular weight is 457 g/mol. The largest absolute Gasteiger partial charge is 0.334 e. The summed E-state index contributed by atoms with van der Waals surface area (Å²) in [5, 5.41) is 6.00. The van der Waals surface area contributed by atoms with Crippen LogP contribution in [0.25, 0.3) is 10.2 Å². The Balaban J connectivity index is 1.54. The van der Waals surface area contributed by atoms with Crippen molar-refractivity contribution in [2.24, 2.45) is 0 Å². The average Bonchev–Trinajstić information content (AvgIpc) is 3.28. The van der Waals surface area contributed by atoms with Crippen LogP contribution < -0.4 is 5.32 Å². The highest BCUT2D eigenvalue weighted by Gasteiger charge is 2.32. The van der Waals surface area contributed by atoms with E-state index in [4.69, 9.17) is 0 Å². The molecule has 3 heterocycles. The second-order valence-electron chi connectivity index (χ2n) is 9.40. The van der Waals surface area contributed by atoms with Crippen LogP contribution in [-0.4, -0.2) is 57.5 Å². The molecule has 0 spiro atoms. The third-order valence-corrected chi connectivity index (χ3v) is 6.56. The second kappa shape index (κ2) is 8.58. The Bertz CT molecular complexity index is 1150. The number of hydrogen-bond donors (Lipinski definition) is 1. The molecule has 3 amide bonds. The number of amides is 3. The Morgan fingerprint density at radius 2 is 1.97 bits per heavy atom. The molecule has 6 nitrogen and oxygen atoms in total. The normalized spacial score (nSPS) is 17.1. The van der Waals surface area contributed by atoms with Crippen LogP contribution in [0.1, 0.15) is 43.7 Å². The van der Waals surface area contributed by atoms with E-state index in [0.29, 0.717) is 31.9 Å². The van der Waals surface area contributed by atoms with Crippen molar-refractivity contribution in [3.05, 3.63) is 58.9 Å². The van der Waals surface area contributed by atoms with Gasteiger partial charge in [0.05, 0.1) is 0 Å². The smallest absolute Gasteiger partial charge is 0.318 e. The molecule has 0 unspecified atom stereocenters. The molecule has 3 aromatic rings. The number of aromatic nitrogens is 1. The van der Waals surface area contributed by atoms with Gasteiger partial charge in [-0.2, -0.15) is 0 Å². The monoisotopic (exact) mass is 456 g/mol. The van der Waals surface area contributed by atoms with Gasteiger partial charge >= 0.3 is 6.03 Å². The fourth-order valence-electron chi connectivity index (χ4n) is 4.13. The van der Waals surface area contributed by atoms with Crippen molar-refractivity contribution in [3.8, 4) is 0 Å². The lowest BCUT2D eigenvalue weighted by Gasteiger charge is -2.41. The summed E-state index contributed by atoms with van der Waals surface area (Å²) in [5.41, 5.74) is 1.09. The van der Waals surface area contributed by atoms with Crippen molar-refractivity contribution in [2.75, 3.05) is 19.6 Å². The first-order chi connectivity index (χ1) is 15.1. The van der Waals surface area contributed by atoms with E-state index >= 15 is 0 Å². The number of urea groups is 1. The van der Waals surface area contributed by atoms with Crippen LogP contribution in [0.4, 0.5) is 9.18 Å². The van der Waals surface area contributed by atoms with Crippen LogP contribution >= 0.6 is 11.3 Å². The number of hydrogen-bond acceptors (Lipinski definition) is 3. The van der Waals surface area contributed by atoms with Crippen molar-refractivity contribution in [1.29, 1.82) is 0 Å². The lowest BCUT2D eigenvalue weighted by atomic mass is 10.1. The molecule has 1 aliphatic rings. The molecule has 1 saturated heterocycles. The topological polar surface area (TPSA) is 57.6 Å². The molecule has 1 aromatic carbocycles. The summed E-state index contributed by atoms with van der Waals surface area (Å²) < 4.78 is 15.7. The Hall–Kier alpha value is -2.87. The molecule has 0 radical (unpaired) electrons. The minimum atomic E-state index is -0.312.